The monoisotopic (exact) mass is 318 g/mol. The van der Waals surface area contributed by atoms with Crippen molar-refractivity contribution in [1.82, 2.24) is 0 Å². The predicted molar refractivity (Wildman–Crippen MR) is 91.9 cm³/mol. The van der Waals surface area contributed by atoms with Crippen molar-refractivity contribution in [1.29, 1.82) is 0 Å². The zero-order valence-electron chi connectivity index (χ0n) is 15.2. The fraction of sp³-hybridized carbons (Fsp3) is 0.952. The highest BCUT2D eigenvalue weighted by Gasteiger charge is 2.60. The molecule has 0 aromatic rings. The Bertz CT molecular complexity index is 500. The van der Waals surface area contributed by atoms with Crippen LogP contribution in [0.2, 0.25) is 0 Å². The molecule has 0 aromatic carbocycles. The second-order valence-corrected chi connectivity index (χ2v) is 9.88. The van der Waals surface area contributed by atoms with Crippen LogP contribution in [0.25, 0.3) is 0 Å². The zero-order chi connectivity index (χ0) is 16.4. The summed E-state index contributed by atoms with van der Waals surface area (Å²) in [6.07, 6.45) is 10.9. The largest absolute Gasteiger partial charge is 0.393 e. The lowest BCUT2D eigenvalue weighted by Crippen LogP contribution is -2.54. The Labute approximate surface area is 141 Å². The molecule has 4 saturated carbocycles. The number of hydrogen-bond donors (Lipinski definition) is 1. The van der Waals surface area contributed by atoms with E-state index >= 15 is 0 Å². The fourth-order valence-electron chi connectivity index (χ4n) is 7.60. The van der Waals surface area contributed by atoms with Gasteiger partial charge < -0.3 is 5.11 Å². The van der Waals surface area contributed by atoms with Gasteiger partial charge in [-0.25, -0.2) is 0 Å². The summed E-state index contributed by atoms with van der Waals surface area (Å²) < 4.78 is 0. The van der Waals surface area contributed by atoms with Gasteiger partial charge in [0, 0.05) is 5.92 Å². The van der Waals surface area contributed by atoms with Gasteiger partial charge in [0.15, 0.2) is 0 Å². The third-order valence-corrected chi connectivity index (χ3v) is 9.19. The van der Waals surface area contributed by atoms with E-state index < -0.39 is 0 Å². The molecule has 2 heteroatoms. The Morgan fingerprint density at radius 2 is 1.61 bits per heavy atom. The number of Topliss-reactive ketones (excluding diaryl/α,β-unsaturated/α-hetero) is 1. The molecule has 4 fully saturated rings. The molecule has 0 saturated heterocycles. The molecule has 8 atom stereocenters. The van der Waals surface area contributed by atoms with Crippen molar-refractivity contribution in [2.75, 3.05) is 0 Å². The molecule has 1 N–H and O–H groups in total. The third kappa shape index (κ3) is 2.19. The lowest BCUT2D eigenvalue weighted by molar-refractivity contribution is -0.138. The van der Waals surface area contributed by atoms with E-state index in [0.717, 1.165) is 42.9 Å². The standard InChI is InChI=1S/C21H34O2/c1-13(22)14-8-10-20(2)15(12-14)4-5-16-17-6-7-19(23)21(17,3)11-9-18(16)20/h14-19,23H,4-12H2,1-3H3/t14-,15-,16-,17-,18-,19-,20-,21-/m0/s1. The van der Waals surface area contributed by atoms with Gasteiger partial charge in [-0.05, 0) is 99.2 Å². The molecule has 0 heterocycles. The summed E-state index contributed by atoms with van der Waals surface area (Å²) in [6.45, 7) is 6.72. The summed E-state index contributed by atoms with van der Waals surface area (Å²) in [5.41, 5.74) is 0.657. The quantitative estimate of drug-likeness (QED) is 0.767. The number of rotatable bonds is 1. The third-order valence-electron chi connectivity index (χ3n) is 9.19. The first-order valence-corrected chi connectivity index (χ1v) is 10.0. The van der Waals surface area contributed by atoms with Crippen LogP contribution < -0.4 is 0 Å². The van der Waals surface area contributed by atoms with E-state index in [1.807, 2.05) is 0 Å². The minimum atomic E-state index is -0.0626. The van der Waals surface area contributed by atoms with Crippen molar-refractivity contribution in [3.8, 4) is 0 Å². The molecule has 0 unspecified atom stereocenters. The van der Waals surface area contributed by atoms with E-state index in [1.54, 1.807) is 6.92 Å². The summed E-state index contributed by atoms with van der Waals surface area (Å²) in [4.78, 5) is 11.9. The zero-order valence-corrected chi connectivity index (χ0v) is 15.2. The van der Waals surface area contributed by atoms with E-state index in [4.69, 9.17) is 0 Å². The molecule has 130 valence electrons. The van der Waals surface area contributed by atoms with Gasteiger partial charge in [0.2, 0.25) is 0 Å². The number of carbonyl (C=O) groups is 1. The highest BCUT2D eigenvalue weighted by atomic mass is 16.3. The smallest absolute Gasteiger partial charge is 0.132 e. The number of aliphatic hydroxyl groups is 1. The van der Waals surface area contributed by atoms with Crippen LogP contribution in [0.5, 0.6) is 0 Å². The molecular weight excluding hydrogens is 284 g/mol. The summed E-state index contributed by atoms with van der Waals surface area (Å²) in [7, 11) is 0. The molecular formula is C21H34O2. The molecule has 0 bridgehead atoms. The Balaban J connectivity index is 1.58. The number of aliphatic hydroxyl groups excluding tert-OH is 1. The van der Waals surface area contributed by atoms with Gasteiger partial charge in [-0.3, -0.25) is 4.79 Å². The summed E-state index contributed by atoms with van der Waals surface area (Å²) in [5.74, 6) is 3.95. The van der Waals surface area contributed by atoms with Gasteiger partial charge in [-0.15, -0.1) is 0 Å². The van der Waals surface area contributed by atoms with E-state index in [1.165, 1.54) is 38.5 Å². The van der Waals surface area contributed by atoms with Crippen molar-refractivity contribution in [3.05, 3.63) is 0 Å². The molecule has 23 heavy (non-hydrogen) atoms. The second kappa shape index (κ2) is 5.31. The molecule has 0 aliphatic heterocycles. The fourth-order valence-corrected chi connectivity index (χ4v) is 7.60. The first-order valence-electron chi connectivity index (χ1n) is 10.0. The van der Waals surface area contributed by atoms with Gasteiger partial charge >= 0.3 is 0 Å². The van der Waals surface area contributed by atoms with Crippen molar-refractivity contribution >= 4 is 5.78 Å². The van der Waals surface area contributed by atoms with Gasteiger partial charge in [0.1, 0.15) is 5.78 Å². The van der Waals surface area contributed by atoms with Gasteiger partial charge in [-0.1, -0.05) is 13.8 Å². The molecule has 0 radical (unpaired) electrons. The Hall–Kier alpha value is -0.370. The van der Waals surface area contributed by atoms with Crippen LogP contribution in [0, 0.1) is 40.4 Å². The molecule has 2 nitrogen and oxygen atoms in total. The van der Waals surface area contributed by atoms with Crippen molar-refractivity contribution in [2.45, 2.75) is 84.7 Å². The maximum atomic E-state index is 11.9. The van der Waals surface area contributed by atoms with Gasteiger partial charge in [0.05, 0.1) is 6.10 Å². The van der Waals surface area contributed by atoms with E-state index in [-0.39, 0.29) is 11.5 Å². The van der Waals surface area contributed by atoms with Crippen molar-refractivity contribution in [2.24, 2.45) is 40.4 Å². The number of hydrogen-bond acceptors (Lipinski definition) is 2. The van der Waals surface area contributed by atoms with Gasteiger partial charge in [0.25, 0.3) is 0 Å². The summed E-state index contributed by atoms with van der Waals surface area (Å²) >= 11 is 0. The van der Waals surface area contributed by atoms with Crippen LogP contribution in [-0.4, -0.2) is 17.0 Å². The number of fused-ring (bicyclic) bond motifs is 5. The second-order valence-electron chi connectivity index (χ2n) is 9.88. The molecule has 4 rings (SSSR count). The highest BCUT2D eigenvalue weighted by molar-refractivity contribution is 5.78. The Morgan fingerprint density at radius 3 is 2.35 bits per heavy atom. The van der Waals surface area contributed by atoms with Crippen LogP contribution in [0.4, 0.5) is 0 Å². The Morgan fingerprint density at radius 1 is 0.913 bits per heavy atom. The molecule has 0 aromatic heterocycles. The van der Waals surface area contributed by atoms with Crippen LogP contribution in [0.15, 0.2) is 0 Å². The molecule has 0 spiro atoms. The summed E-state index contributed by atoms with van der Waals surface area (Å²) in [6, 6.07) is 0. The van der Waals surface area contributed by atoms with Crippen LogP contribution in [0.3, 0.4) is 0 Å². The van der Waals surface area contributed by atoms with E-state index in [2.05, 4.69) is 13.8 Å². The van der Waals surface area contributed by atoms with Crippen LogP contribution in [0.1, 0.15) is 78.6 Å². The van der Waals surface area contributed by atoms with Gasteiger partial charge in [-0.2, -0.15) is 0 Å². The maximum Gasteiger partial charge on any atom is 0.132 e. The molecule has 4 aliphatic rings. The van der Waals surface area contributed by atoms with Crippen LogP contribution in [-0.2, 0) is 4.79 Å². The average molecular weight is 319 g/mol. The Kier molecular flexibility index (Phi) is 3.72. The first-order chi connectivity index (χ1) is 10.9. The SMILES string of the molecule is CC(=O)[C@H]1CC[C@@]2(C)[C@@H](CC[C@@H]3[C@@H]2CC[C@]2(C)[C@@H](O)CC[C@@H]32)C1. The lowest BCUT2D eigenvalue weighted by Gasteiger charge is -2.60. The average Bonchev–Trinajstić information content (AvgIpc) is 2.82. The van der Waals surface area contributed by atoms with Crippen molar-refractivity contribution in [3.63, 3.8) is 0 Å². The topological polar surface area (TPSA) is 37.3 Å². The normalized spacial score (nSPS) is 55.7. The molecule has 4 aliphatic carbocycles. The predicted octanol–water partition coefficient (Wildman–Crippen LogP) is 4.60. The minimum absolute atomic E-state index is 0.0626. The lowest BCUT2D eigenvalue weighted by atomic mass is 9.44. The first kappa shape index (κ1) is 16.1. The highest BCUT2D eigenvalue weighted by Crippen LogP contribution is 2.66. The van der Waals surface area contributed by atoms with Crippen molar-refractivity contribution < 1.29 is 9.90 Å². The van der Waals surface area contributed by atoms with E-state index in [9.17, 15) is 9.90 Å². The van der Waals surface area contributed by atoms with Crippen LogP contribution >= 0.6 is 0 Å². The van der Waals surface area contributed by atoms with E-state index in [0.29, 0.717) is 17.1 Å². The number of carbonyl (C=O) groups excluding carboxylic acids is 1. The molecule has 0 amide bonds. The number of ketones is 1. The minimum Gasteiger partial charge on any atom is -0.393 e. The maximum absolute atomic E-state index is 11.9. The summed E-state index contributed by atoms with van der Waals surface area (Å²) in [5, 5.41) is 10.5.